The number of urea groups is 1. The molecule has 0 saturated carbocycles. The van der Waals surface area contributed by atoms with E-state index in [-0.39, 0.29) is 29.9 Å². The van der Waals surface area contributed by atoms with Crippen LogP contribution < -0.4 is 15.4 Å². The predicted molar refractivity (Wildman–Crippen MR) is 266 cm³/mol. The van der Waals surface area contributed by atoms with Crippen molar-refractivity contribution in [2.24, 2.45) is 11.8 Å². The van der Waals surface area contributed by atoms with Crippen molar-refractivity contribution >= 4 is 46.7 Å². The van der Waals surface area contributed by atoms with E-state index in [0.29, 0.717) is 47.7 Å². The number of anilines is 2. The van der Waals surface area contributed by atoms with Crippen LogP contribution in [0, 0.1) is 11.8 Å². The number of nitrogens with two attached hydrogens (primary N) is 1. The van der Waals surface area contributed by atoms with Crippen molar-refractivity contribution in [2.75, 3.05) is 63.0 Å². The zero-order valence-corrected chi connectivity index (χ0v) is 40.0. The molecule has 7 heterocycles. The van der Waals surface area contributed by atoms with Gasteiger partial charge < -0.3 is 34.9 Å². The standard InChI is InChI=1S/C54H66N10O5/c1-37(7-6-34-65)63-52(66)46-17-14-43(35-47(46)53(63)67)60-26-18-38(19-27-60)8-5-9-39-20-28-61(29-21-39)54(68)62-32-22-41(23-33-62)59-30-24-42(25-31-59)64-51-48(50(55)56-36-57-51)49(58-64)40-12-15-45(16-13-40)69-44-10-3-2-4-11-44/h2-4,10-17,34-39,41-42H,5-9,18-33H2,1H3,(H2,55,56,57). The van der Waals surface area contributed by atoms with Crippen molar-refractivity contribution in [1.29, 1.82) is 0 Å². The SMILES string of the molecule is CC(CCC=O)N1C(=O)c2ccc(N3CCC(CCCC4CCN(C(=O)N5CCC(N6CCC(n7nc(-c8ccc(Oc9ccccc9)cc8)c8c(N)ncnc87)CC6)CC5)CC4)CC3)cc2C1=O. The Morgan fingerprint density at radius 1 is 0.739 bits per heavy atom. The number of hydrogen-bond donors (Lipinski definition) is 1. The van der Waals surface area contributed by atoms with E-state index in [1.54, 1.807) is 6.07 Å². The van der Waals surface area contributed by atoms with Gasteiger partial charge in [-0.05, 0) is 131 Å². The van der Waals surface area contributed by atoms with Crippen LogP contribution in [0.5, 0.6) is 11.5 Å². The minimum atomic E-state index is -0.308. The third-order valence-corrected chi connectivity index (χ3v) is 15.9. The van der Waals surface area contributed by atoms with Crippen LogP contribution >= 0.6 is 0 Å². The number of benzene rings is 3. The molecule has 15 heteroatoms. The molecule has 1 atom stereocenters. The fourth-order valence-corrected chi connectivity index (χ4v) is 11.7. The minimum absolute atomic E-state index is 0.200. The summed E-state index contributed by atoms with van der Waals surface area (Å²) in [6.45, 7) is 9.01. The molecule has 2 N–H and O–H groups in total. The molecule has 5 aromatic rings. The molecular weight excluding hydrogens is 869 g/mol. The summed E-state index contributed by atoms with van der Waals surface area (Å²) in [4.78, 5) is 70.4. The Balaban J connectivity index is 0.633. The summed E-state index contributed by atoms with van der Waals surface area (Å²) >= 11 is 0. The molecule has 5 aliphatic rings. The van der Waals surface area contributed by atoms with Gasteiger partial charge in [0.2, 0.25) is 0 Å². The van der Waals surface area contributed by atoms with Crippen molar-refractivity contribution in [3.8, 4) is 22.8 Å². The molecule has 4 fully saturated rings. The van der Waals surface area contributed by atoms with Gasteiger partial charge in [0.15, 0.2) is 5.65 Å². The quantitative estimate of drug-likeness (QED) is 0.0836. The van der Waals surface area contributed by atoms with Crippen LogP contribution in [0.4, 0.5) is 16.3 Å². The first-order valence-corrected chi connectivity index (χ1v) is 25.5. The lowest BCUT2D eigenvalue weighted by molar-refractivity contribution is -0.108. The van der Waals surface area contributed by atoms with Gasteiger partial charge in [-0.2, -0.15) is 5.10 Å². The average Bonchev–Trinajstić information content (AvgIpc) is 3.91. The number of rotatable bonds is 14. The first kappa shape index (κ1) is 46.4. The Hall–Kier alpha value is -6.35. The fraction of sp³-hybridized carbons (Fsp3) is 0.500. The first-order valence-electron chi connectivity index (χ1n) is 25.5. The number of aromatic nitrogens is 4. The number of amides is 4. The average molecular weight is 935 g/mol. The molecule has 0 bridgehead atoms. The molecule has 1 unspecified atom stereocenters. The van der Waals surface area contributed by atoms with Crippen LogP contribution in [0.25, 0.3) is 22.3 Å². The van der Waals surface area contributed by atoms with Crippen molar-refractivity contribution < 1.29 is 23.9 Å². The summed E-state index contributed by atoms with van der Waals surface area (Å²) in [6, 6.07) is 23.9. The summed E-state index contributed by atoms with van der Waals surface area (Å²) in [7, 11) is 0. The maximum Gasteiger partial charge on any atom is 0.319 e. The smallest absolute Gasteiger partial charge is 0.319 e. The minimum Gasteiger partial charge on any atom is -0.457 e. The number of imide groups is 1. The molecule has 0 spiro atoms. The summed E-state index contributed by atoms with van der Waals surface area (Å²) in [5.41, 5.74) is 10.9. The number of para-hydroxylation sites is 1. The van der Waals surface area contributed by atoms with Gasteiger partial charge in [0.25, 0.3) is 11.8 Å². The number of likely N-dealkylation sites (tertiary alicyclic amines) is 3. The molecule has 3 aromatic carbocycles. The number of fused-ring (bicyclic) bond motifs is 2. The second-order valence-electron chi connectivity index (χ2n) is 20.1. The molecule has 0 aliphatic carbocycles. The highest BCUT2D eigenvalue weighted by Crippen LogP contribution is 2.37. The third-order valence-electron chi connectivity index (χ3n) is 15.9. The highest BCUT2D eigenvalue weighted by atomic mass is 16.5. The van der Waals surface area contributed by atoms with Crippen LogP contribution in [0.3, 0.4) is 0 Å². The van der Waals surface area contributed by atoms with Crippen molar-refractivity contribution in [3.05, 3.63) is 90.3 Å². The second kappa shape index (κ2) is 20.7. The highest BCUT2D eigenvalue weighted by Gasteiger charge is 2.39. The molecule has 4 amide bonds. The molecular formula is C54H66N10O5. The Labute approximate surface area is 405 Å². The molecule has 10 rings (SSSR count). The monoisotopic (exact) mass is 935 g/mol. The maximum atomic E-state index is 13.7. The van der Waals surface area contributed by atoms with E-state index in [2.05, 4.69) is 34.2 Å². The van der Waals surface area contributed by atoms with E-state index in [1.807, 2.05) is 73.7 Å². The summed E-state index contributed by atoms with van der Waals surface area (Å²) < 4.78 is 8.11. The van der Waals surface area contributed by atoms with Gasteiger partial charge in [-0.3, -0.25) is 14.5 Å². The number of hydrogen-bond acceptors (Lipinski definition) is 11. The van der Waals surface area contributed by atoms with E-state index in [0.717, 1.165) is 149 Å². The number of carbonyl (C=O) groups is 4. The Bertz CT molecular complexity index is 2610. The Morgan fingerprint density at radius 2 is 1.36 bits per heavy atom. The summed E-state index contributed by atoms with van der Waals surface area (Å²) in [5.74, 6) is 2.83. The van der Waals surface area contributed by atoms with Gasteiger partial charge in [-0.25, -0.2) is 19.4 Å². The zero-order chi connectivity index (χ0) is 47.4. The number of aldehydes is 1. The van der Waals surface area contributed by atoms with E-state index >= 15 is 0 Å². The first-order chi connectivity index (χ1) is 33.7. The maximum absolute atomic E-state index is 13.7. The molecule has 15 nitrogen and oxygen atoms in total. The van der Waals surface area contributed by atoms with E-state index < -0.39 is 0 Å². The van der Waals surface area contributed by atoms with Gasteiger partial charge in [-0.1, -0.05) is 37.5 Å². The molecule has 362 valence electrons. The number of ether oxygens (including phenoxy) is 1. The van der Waals surface area contributed by atoms with Gasteiger partial charge in [0.05, 0.1) is 22.6 Å². The Morgan fingerprint density at radius 3 is 2.04 bits per heavy atom. The third kappa shape index (κ3) is 9.93. The number of carbonyl (C=O) groups excluding carboxylic acids is 4. The van der Waals surface area contributed by atoms with Gasteiger partial charge >= 0.3 is 6.03 Å². The summed E-state index contributed by atoms with van der Waals surface area (Å²) in [6.07, 6.45) is 15.2. The van der Waals surface area contributed by atoms with Crippen molar-refractivity contribution in [2.45, 2.75) is 109 Å². The number of nitrogen functional groups attached to an aromatic ring is 1. The van der Waals surface area contributed by atoms with E-state index in [1.165, 1.54) is 30.5 Å². The topological polar surface area (TPSA) is 163 Å². The molecule has 0 radical (unpaired) electrons. The second-order valence-corrected chi connectivity index (χ2v) is 20.1. The van der Waals surface area contributed by atoms with Crippen molar-refractivity contribution in [1.82, 2.24) is 39.3 Å². The van der Waals surface area contributed by atoms with E-state index in [4.69, 9.17) is 15.6 Å². The van der Waals surface area contributed by atoms with Crippen LogP contribution in [0.15, 0.2) is 79.1 Å². The molecule has 4 saturated heterocycles. The van der Waals surface area contributed by atoms with E-state index in [9.17, 15) is 19.2 Å². The lowest BCUT2D eigenvalue weighted by atomic mass is 9.86. The lowest BCUT2D eigenvalue weighted by Crippen LogP contribution is -2.53. The fourth-order valence-electron chi connectivity index (χ4n) is 11.7. The van der Waals surface area contributed by atoms with Crippen LogP contribution in [-0.4, -0.2) is 128 Å². The largest absolute Gasteiger partial charge is 0.457 e. The zero-order valence-electron chi connectivity index (χ0n) is 40.0. The van der Waals surface area contributed by atoms with Gasteiger partial charge in [-0.15, -0.1) is 0 Å². The molecule has 5 aliphatic heterocycles. The van der Waals surface area contributed by atoms with Crippen molar-refractivity contribution in [3.63, 3.8) is 0 Å². The molecule has 69 heavy (non-hydrogen) atoms. The van der Waals surface area contributed by atoms with Crippen LogP contribution in [-0.2, 0) is 4.79 Å². The van der Waals surface area contributed by atoms with Crippen LogP contribution in [0.2, 0.25) is 0 Å². The number of nitrogens with zero attached hydrogens (tertiary/aromatic N) is 9. The normalized spacial score (nSPS) is 19.7. The van der Waals surface area contributed by atoms with Gasteiger partial charge in [0, 0.05) is 82.1 Å². The number of piperidine rings is 4. The summed E-state index contributed by atoms with van der Waals surface area (Å²) in [5, 5.41) is 5.93. The van der Waals surface area contributed by atoms with Gasteiger partial charge in [0.1, 0.15) is 35.6 Å². The van der Waals surface area contributed by atoms with Crippen LogP contribution in [0.1, 0.15) is 117 Å². The highest BCUT2D eigenvalue weighted by molar-refractivity contribution is 6.22. The molecule has 2 aromatic heterocycles. The lowest BCUT2D eigenvalue weighted by Gasteiger charge is -2.43. The Kier molecular flexibility index (Phi) is 13.9. The predicted octanol–water partition coefficient (Wildman–Crippen LogP) is 8.85.